The lowest BCUT2D eigenvalue weighted by atomic mass is 10.1. The van der Waals surface area contributed by atoms with Crippen LogP contribution in [0.4, 0.5) is 0 Å². The Hall–Kier alpha value is -2.56. The number of ketones is 1. The molecular formula is C18H20O5. The van der Waals surface area contributed by atoms with Crippen LogP contribution in [0, 0.1) is 5.92 Å². The standard InChI is InChI=1S/C18H20O5/c1-10(2)16-17(21-5)13-8-12(6-7-15(13)23-16)14(19)9-22-18(20)11(3)4/h6-8,11H,1,9H2,2-5H3. The highest BCUT2D eigenvalue weighted by molar-refractivity contribution is 6.02. The highest BCUT2D eigenvalue weighted by Gasteiger charge is 2.18. The number of carbonyl (C=O) groups excluding carboxylic acids is 2. The number of methoxy groups -OCH3 is 1. The van der Waals surface area contributed by atoms with Gasteiger partial charge in [0.2, 0.25) is 0 Å². The van der Waals surface area contributed by atoms with Crippen LogP contribution in [0.3, 0.4) is 0 Å². The van der Waals surface area contributed by atoms with Crippen LogP contribution in [-0.2, 0) is 9.53 Å². The van der Waals surface area contributed by atoms with Gasteiger partial charge in [0.1, 0.15) is 5.58 Å². The first-order chi connectivity index (χ1) is 10.8. The van der Waals surface area contributed by atoms with Crippen molar-refractivity contribution >= 4 is 28.3 Å². The number of rotatable bonds is 6. The number of allylic oxidation sites excluding steroid dienone is 1. The molecule has 0 aliphatic rings. The van der Waals surface area contributed by atoms with Crippen molar-refractivity contribution in [3.05, 3.63) is 36.1 Å². The molecule has 5 heteroatoms. The van der Waals surface area contributed by atoms with E-state index in [4.69, 9.17) is 13.9 Å². The van der Waals surface area contributed by atoms with Crippen LogP contribution in [0.15, 0.2) is 29.2 Å². The van der Waals surface area contributed by atoms with Crippen LogP contribution >= 0.6 is 0 Å². The Labute approximate surface area is 134 Å². The molecule has 5 nitrogen and oxygen atoms in total. The number of fused-ring (bicyclic) bond motifs is 1. The van der Waals surface area contributed by atoms with E-state index in [0.29, 0.717) is 28.0 Å². The summed E-state index contributed by atoms with van der Waals surface area (Å²) in [5.74, 6) is 0.156. The normalized spacial score (nSPS) is 10.8. The summed E-state index contributed by atoms with van der Waals surface area (Å²) in [5.41, 5.74) is 1.77. The van der Waals surface area contributed by atoms with E-state index in [2.05, 4.69) is 6.58 Å². The van der Waals surface area contributed by atoms with Crippen LogP contribution < -0.4 is 4.74 Å². The summed E-state index contributed by atoms with van der Waals surface area (Å²) in [6.45, 7) is 8.82. The van der Waals surface area contributed by atoms with Crippen molar-refractivity contribution in [3.8, 4) is 5.75 Å². The zero-order valence-electron chi connectivity index (χ0n) is 13.8. The van der Waals surface area contributed by atoms with Crippen LogP contribution in [0.2, 0.25) is 0 Å². The fourth-order valence-electron chi connectivity index (χ4n) is 2.12. The molecule has 0 aliphatic heterocycles. The van der Waals surface area contributed by atoms with Gasteiger partial charge in [-0.15, -0.1) is 0 Å². The molecule has 1 aromatic heterocycles. The van der Waals surface area contributed by atoms with E-state index < -0.39 is 5.97 Å². The summed E-state index contributed by atoms with van der Waals surface area (Å²) in [4.78, 5) is 23.6. The van der Waals surface area contributed by atoms with Crippen molar-refractivity contribution in [2.45, 2.75) is 20.8 Å². The number of Topliss-reactive ketones (excluding diaryl/α,β-unsaturated/α-hetero) is 1. The summed E-state index contributed by atoms with van der Waals surface area (Å²) in [5, 5.41) is 0.687. The zero-order chi connectivity index (χ0) is 17.1. The van der Waals surface area contributed by atoms with E-state index in [1.54, 1.807) is 32.0 Å². The number of esters is 1. The molecule has 2 rings (SSSR count). The van der Waals surface area contributed by atoms with E-state index in [0.717, 1.165) is 5.57 Å². The maximum atomic E-state index is 12.2. The molecular weight excluding hydrogens is 296 g/mol. The van der Waals surface area contributed by atoms with Crippen molar-refractivity contribution in [2.24, 2.45) is 5.92 Å². The second-order valence-corrected chi connectivity index (χ2v) is 5.64. The Kier molecular flexibility index (Phi) is 4.89. The molecule has 0 spiro atoms. The molecule has 1 heterocycles. The van der Waals surface area contributed by atoms with Crippen LogP contribution in [0.5, 0.6) is 5.75 Å². The second-order valence-electron chi connectivity index (χ2n) is 5.64. The Morgan fingerprint density at radius 2 is 2.00 bits per heavy atom. The summed E-state index contributed by atoms with van der Waals surface area (Å²) < 4.78 is 16.0. The first-order valence-electron chi connectivity index (χ1n) is 7.31. The van der Waals surface area contributed by atoms with Crippen LogP contribution in [0.25, 0.3) is 16.5 Å². The molecule has 1 aromatic carbocycles. The summed E-state index contributed by atoms with van der Waals surface area (Å²) in [6, 6.07) is 5.01. The van der Waals surface area contributed by atoms with Gasteiger partial charge in [0, 0.05) is 5.56 Å². The molecule has 0 bridgehead atoms. The average molecular weight is 316 g/mol. The van der Waals surface area contributed by atoms with Crippen LogP contribution in [-0.4, -0.2) is 25.5 Å². The Balaban J connectivity index is 2.30. The van der Waals surface area contributed by atoms with Gasteiger partial charge in [0.25, 0.3) is 0 Å². The molecule has 0 aliphatic carbocycles. The quantitative estimate of drug-likeness (QED) is 0.598. The molecule has 23 heavy (non-hydrogen) atoms. The third-order valence-electron chi connectivity index (χ3n) is 3.37. The summed E-state index contributed by atoms with van der Waals surface area (Å²) >= 11 is 0. The third kappa shape index (κ3) is 3.44. The Morgan fingerprint density at radius 3 is 2.57 bits per heavy atom. The lowest BCUT2D eigenvalue weighted by Crippen LogP contribution is -2.17. The molecule has 0 fully saturated rings. The molecule has 2 aromatic rings. The molecule has 0 N–H and O–H groups in total. The Bertz CT molecular complexity index is 767. The maximum absolute atomic E-state index is 12.2. The SMILES string of the molecule is C=C(C)c1oc2ccc(C(=O)COC(=O)C(C)C)cc2c1OC. The smallest absolute Gasteiger partial charge is 0.308 e. The van der Waals surface area contributed by atoms with E-state index in [1.165, 1.54) is 7.11 Å². The maximum Gasteiger partial charge on any atom is 0.308 e. The van der Waals surface area contributed by atoms with Gasteiger partial charge in [-0.05, 0) is 30.7 Å². The van der Waals surface area contributed by atoms with Crippen molar-refractivity contribution < 1.29 is 23.5 Å². The fraction of sp³-hybridized carbons (Fsp3) is 0.333. The Morgan fingerprint density at radius 1 is 1.30 bits per heavy atom. The number of carbonyl (C=O) groups is 2. The molecule has 0 saturated carbocycles. The first kappa shape index (κ1) is 16.8. The first-order valence-corrected chi connectivity index (χ1v) is 7.31. The number of ether oxygens (including phenoxy) is 2. The van der Waals surface area contributed by atoms with Gasteiger partial charge in [0.15, 0.2) is 23.9 Å². The van der Waals surface area contributed by atoms with Gasteiger partial charge in [-0.3, -0.25) is 9.59 Å². The minimum atomic E-state index is -0.398. The number of benzene rings is 1. The molecule has 0 unspecified atom stereocenters. The number of furan rings is 1. The summed E-state index contributed by atoms with van der Waals surface area (Å²) in [7, 11) is 1.54. The minimum Gasteiger partial charge on any atom is -0.492 e. The largest absolute Gasteiger partial charge is 0.492 e. The van der Waals surface area contributed by atoms with Gasteiger partial charge < -0.3 is 13.9 Å². The molecule has 0 amide bonds. The summed E-state index contributed by atoms with van der Waals surface area (Å²) in [6.07, 6.45) is 0. The highest BCUT2D eigenvalue weighted by atomic mass is 16.5. The van der Waals surface area contributed by atoms with E-state index >= 15 is 0 Å². The van der Waals surface area contributed by atoms with Crippen molar-refractivity contribution in [2.75, 3.05) is 13.7 Å². The lowest BCUT2D eigenvalue weighted by Gasteiger charge is -2.06. The minimum absolute atomic E-state index is 0.266. The van der Waals surface area contributed by atoms with Gasteiger partial charge >= 0.3 is 5.97 Å². The predicted molar refractivity (Wildman–Crippen MR) is 87.6 cm³/mol. The van der Waals surface area contributed by atoms with Gasteiger partial charge in [-0.1, -0.05) is 20.4 Å². The molecule has 122 valence electrons. The van der Waals surface area contributed by atoms with E-state index in [1.807, 2.05) is 6.92 Å². The second kappa shape index (κ2) is 6.69. The van der Waals surface area contributed by atoms with E-state index in [-0.39, 0.29) is 18.3 Å². The van der Waals surface area contributed by atoms with E-state index in [9.17, 15) is 9.59 Å². The fourth-order valence-corrected chi connectivity index (χ4v) is 2.12. The lowest BCUT2D eigenvalue weighted by molar-refractivity contribution is -0.146. The highest BCUT2D eigenvalue weighted by Crippen LogP contribution is 2.37. The zero-order valence-corrected chi connectivity index (χ0v) is 13.8. The van der Waals surface area contributed by atoms with Crippen molar-refractivity contribution in [1.82, 2.24) is 0 Å². The molecule has 0 atom stereocenters. The number of hydrogen-bond donors (Lipinski definition) is 0. The number of hydrogen-bond acceptors (Lipinski definition) is 5. The van der Waals surface area contributed by atoms with Gasteiger partial charge in [0.05, 0.1) is 18.4 Å². The average Bonchev–Trinajstić information content (AvgIpc) is 2.89. The molecule has 0 saturated heterocycles. The van der Waals surface area contributed by atoms with Crippen molar-refractivity contribution in [3.63, 3.8) is 0 Å². The monoisotopic (exact) mass is 316 g/mol. The topological polar surface area (TPSA) is 65.7 Å². The van der Waals surface area contributed by atoms with Crippen LogP contribution in [0.1, 0.15) is 36.9 Å². The van der Waals surface area contributed by atoms with Gasteiger partial charge in [-0.2, -0.15) is 0 Å². The molecule has 0 radical (unpaired) electrons. The predicted octanol–water partition coefficient (Wildman–Crippen LogP) is 3.86. The third-order valence-corrected chi connectivity index (χ3v) is 3.37. The van der Waals surface area contributed by atoms with Crippen molar-refractivity contribution in [1.29, 1.82) is 0 Å². The van der Waals surface area contributed by atoms with Gasteiger partial charge in [-0.25, -0.2) is 0 Å².